The largest absolute Gasteiger partial charge is 0.480 e. The van der Waals surface area contributed by atoms with Gasteiger partial charge in [-0.3, -0.25) is 4.79 Å². The van der Waals surface area contributed by atoms with Crippen molar-refractivity contribution in [2.75, 3.05) is 18.1 Å². The van der Waals surface area contributed by atoms with Crippen LogP contribution in [0.2, 0.25) is 0 Å². The molecule has 0 aromatic heterocycles. The molecule has 7 nitrogen and oxygen atoms in total. The number of rotatable bonds is 8. The fraction of sp³-hybridized carbons (Fsp3) is 0.667. The van der Waals surface area contributed by atoms with Crippen molar-refractivity contribution in [2.24, 2.45) is 0 Å². The van der Waals surface area contributed by atoms with E-state index in [1.807, 2.05) is 0 Å². The van der Waals surface area contributed by atoms with E-state index >= 15 is 0 Å². The Morgan fingerprint density at radius 1 is 1.76 bits per heavy atom. The summed E-state index contributed by atoms with van der Waals surface area (Å²) in [5.41, 5.74) is 0. The highest BCUT2D eigenvalue weighted by molar-refractivity contribution is 7.99. The van der Waals surface area contributed by atoms with Crippen LogP contribution in [0.25, 0.3) is 0 Å². The summed E-state index contributed by atoms with van der Waals surface area (Å²) in [5, 5.41) is 13.5. The Balaban J connectivity index is 2.11. The molecule has 0 aromatic carbocycles. The van der Waals surface area contributed by atoms with Gasteiger partial charge in [0.25, 0.3) is 0 Å². The van der Waals surface area contributed by atoms with Gasteiger partial charge in [0.2, 0.25) is 6.41 Å². The van der Waals surface area contributed by atoms with Gasteiger partial charge >= 0.3 is 12.1 Å². The van der Waals surface area contributed by atoms with Crippen LogP contribution < -0.4 is 10.6 Å². The number of cyclic esters (lactones) is 1. The first kappa shape index (κ1) is 13.6. The standard InChI is InChI=1S/C9H14N2O5S/c12-5-11-7(8(13)14)1-2-17-4-6-3-10-9(15)16-6/h5-7H,1-4H2,(H,10,15)(H,11,12)(H,13,14). The summed E-state index contributed by atoms with van der Waals surface area (Å²) in [4.78, 5) is 31.5. The minimum Gasteiger partial charge on any atom is -0.480 e. The number of amides is 2. The molecular formula is C9H14N2O5S. The van der Waals surface area contributed by atoms with E-state index in [0.29, 0.717) is 30.9 Å². The maximum atomic E-state index is 10.7. The van der Waals surface area contributed by atoms with Crippen LogP contribution in [-0.2, 0) is 14.3 Å². The van der Waals surface area contributed by atoms with Gasteiger partial charge in [-0.2, -0.15) is 11.8 Å². The quantitative estimate of drug-likeness (QED) is 0.399. The summed E-state index contributed by atoms with van der Waals surface area (Å²) >= 11 is 1.49. The molecule has 2 atom stereocenters. The van der Waals surface area contributed by atoms with Crippen molar-refractivity contribution < 1.29 is 24.2 Å². The van der Waals surface area contributed by atoms with Gasteiger partial charge in [-0.1, -0.05) is 0 Å². The highest BCUT2D eigenvalue weighted by Crippen LogP contribution is 2.11. The average molecular weight is 262 g/mol. The van der Waals surface area contributed by atoms with E-state index in [9.17, 15) is 14.4 Å². The van der Waals surface area contributed by atoms with Gasteiger partial charge in [-0.05, 0) is 12.2 Å². The van der Waals surface area contributed by atoms with Gasteiger partial charge in [0, 0.05) is 5.75 Å². The molecule has 0 saturated carbocycles. The predicted molar refractivity (Wildman–Crippen MR) is 60.8 cm³/mol. The summed E-state index contributed by atoms with van der Waals surface area (Å²) in [7, 11) is 0. The molecule has 1 fully saturated rings. The summed E-state index contributed by atoms with van der Waals surface area (Å²) in [6.07, 6.45) is 0.148. The number of carbonyl (C=O) groups is 3. The first-order valence-electron chi connectivity index (χ1n) is 5.08. The minimum absolute atomic E-state index is 0.158. The minimum atomic E-state index is -1.05. The molecule has 0 aliphatic carbocycles. The van der Waals surface area contributed by atoms with E-state index in [-0.39, 0.29) is 6.10 Å². The van der Waals surface area contributed by atoms with Gasteiger partial charge in [-0.25, -0.2) is 9.59 Å². The van der Waals surface area contributed by atoms with Crippen LogP contribution in [0.5, 0.6) is 0 Å². The average Bonchev–Trinajstić information content (AvgIpc) is 2.68. The van der Waals surface area contributed by atoms with Gasteiger partial charge in [-0.15, -0.1) is 0 Å². The lowest BCUT2D eigenvalue weighted by Gasteiger charge is -2.11. The second-order valence-electron chi connectivity index (χ2n) is 3.45. The molecule has 1 aliphatic rings. The van der Waals surface area contributed by atoms with Crippen molar-refractivity contribution >= 4 is 30.2 Å². The zero-order chi connectivity index (χ0) is 12.7. The van der Waals surface area contributed by atoms with Crippen molar-refractivity contribution in [1.29, 1.82) is 0 Å². The highest BCUT2D eigenvalue weighted by Gasteiger charge is 2.22. The van der Waals surface area contributed by atoms with Crippen molar-refractivity contribution in [3.8, 4) is 0 Å². The number of ether oxygens (including phenoxy) is 1. The van der Waals surface area contributed by atoms with Gasteiger partial charge in [0.15, 0.2) is 0 Å². The zero-order valence-corrected chi connectivity index (χ0v) is 9.87. The highest BCUT2D eigenvalue weighted by atomic mass is 32.2. The summed E-state index contributed by atoms with van der Waals surface area (Å²) in [6, 6.07) is -0.857. The molecule has 2 unspecified atom stereocenters. The third-order valence-corrected chi connectivity index (χ3v) is 3.30. The normalized spacial score (nSPS) is 20.2. The lowest BCUT2D eigenvalue weighted by atomic mass is 10.2. The predicted octanol–water partition coefficient (Wildman–Crippen LogP) is -0.583. The third-order valence-electron chi connectivity index (χ3n) is 2.17. The lowest BCUT2D eigenvalue weighted by Crippen LogP contribution is -2.36. The third kappa shape index (κ3) is 4.94. The second kappa shape index (κ2) is 7.00. The van der Waals surface area contributed by atoms with Crippen molar-refractivity contribution in [3.63, 3.8) is 0 Å². The smallest absolute Gasteiger partial charge is 0.407 e. The van der Waals surface area contributed by atoms with Crippen LogP contribution >= 0.6 is 11.8 Å². The lowest BCUT2D eigenvalue weighted by molar-refractivity contribution is -0.140. The molecule has 96 valence electrons. The molecule has 1 rings (SSSR count). The van der Waals surface area contributed by atoms with E-state index in [1.54, 1.807) is 0 Å². The maximum Gasteiger partial charge on any atom is 0.407 e. The Labute approximate surface area is 102 Å². The van der Waals surface area contributed by atoms with Crippen LogP contribution in [0.1, 0.15) is 6.42 Å². The molecule has 3 N–H and O–H groups in total. The van der Waals surface area contributed by atoms with Crippen molar-refractivity contribution in [1.82, 2.24) is 10.6 Å². The molecule has 2 amide bonds. The number of aliphatic carboxylic acids is 1. The number of hydrogen-bond donors (Lipinski definition) is 3. The van der Waals surface area contributed by atoms with Crippen LogP contribution in [-0.4, -0.2) is 53.8 Å². The monoisotopic (exact) mass is 262 g/mol. The zero-order valence-electron chi connectivity index (χ0n) is 9.05. The number of hydrogen-bond acceptors (Lipinski definition) is 5. The number of nitrogens with one attached hydrogen (secondary N) is 2. The number of alkyl carbamates (subject to hydrolysis) is 1. The SMILES string of the molecule is O=CNC(CCSCC1CNC(=O)O1)C(=O)O. The Morgan fingerprint density at radius 3 is 3.06 bits per heavy atom. The fourth-order valence-electron chi connectivity index (χ4n) is 1.30. The van der Waals surface area contributed by atoms with Crippen LogP contribution in [0.15, 0.2) is 0 Å². The number of carboxylic acids is 1. The summed E-state index contributed by atoms with van der Waals surface area (Å²) < 4.78 is 4.90. The van der Waals surface area contributed by atoms with Gasteiger partial charge in [0.1, 0.15) is 12.1 Å². The molecule has 8 heteroatoms. The molecule has 17 heavy (non-hydrogen) atoms. The van der Waals surface area contributed by atoms with Gasteiger partial charge in [0.05, 0.1) is 6.54 Å². The van der Waals surface area contributed by atoms with Crippen molar-refractivity contribution in [3.05, 3.63) is 0 Å². The molecule has 1 heterocycles. The summed E-state index contributed by atoms with van der Waals surface area (Å²) in [6.45, 7) is 0.487. The first-order chi connectivity index (χ1) is 8.13. The van der Waals surface area contributed by atoms with Gasteiger partial charge < -0.3 is 20.5 Å². The van der Waals surface area contributed by atoms with Crippen LogP contribution in [0, 0.1) is 0 Å². The van der Waals surface area contributed by atoms with E-state index in [1.165, 1.54) is 11.8 Å². The Kier molecular flexibility index (Phi) is 5.61. The molecule has 0 bridgehead atoms. The maximum absolute atomic E-state index is 10.7. The Hall–Kier alpha value is -1.44. The molecular weight excluding hydrogens is 248 g/mol. The van der Waals surface area contributed by atoms with E-state index < -0.39 is 18.1 Å². The molecule has 1 aliphatic heterocycles. The first-order valence-corrected chi connectivity index (χ1v) is 6.23. The number of thioether (sulfide) groups is 1. The van der Waals surface area contributed by atoms with E-state index in [4.69, 9.17) is 9.84 Å². The Bertz CT molecular complexity index is 299. The summed E-state index contributed by atoms with van der Waals surface area (Å²) in [5.74, 6) is 0.143. The second-order valence-corrected chi connectivity index (χ2v) is 4.60. The molecule has 0 spiro atoms. The molecule has 0 aromatic rings. The van der Waals surface area contributed by atoms with Crippen LogP contribution in [0.4, 0.5) is 4.79 Å². The Morgan fingerprint density at radius 2 is 2.53 bits per heavy atom. The topological polar surface area (TPSA) is 105 Å². The van der Waals surface area contributed by atoms with Crippen molar-refractivity contribution in [2.45, 2.75) is 18.6 Å². The van der Waals surface area contributed by atoms with E-state index in [2.05, 4.69) is 10.6 Å². The fourth-order valence-corrected chi connectivity index (χ4v) is 2.32. The number of carbonyl (C=O) groups excluding carboxylic acids is 2. The van der Waals surface area contributed by atoms with E-state index in [0.717, 1.165) is 0 Å². The molecule has 0 radical (unpaired) electrons. The molecule has 1 saturated heterocycles. The van der Waals surface area contributed by atoms with Crippen LogP contribution in [0.3, 0.4) is 0 Å². The number of carboxylic acid groups (broad SMARTS) is 1.